The van der Waals surface area contributed by atoms with Crippen LogP contribution in [0.5, 0.6) is 11.5 Å². The summed E-state index contributed by atoms with van der Waals surface area (Å²) < 4.78 is 10.8. The molecule has 1 aromatic heterocycles. The second kappa shape index (κ2) is 17.8. The number of nitro benzene ring substituents is 1. The summed E-state index contributed by atoms with van der Waals surface area (Å²) in [5.74, 6) is -0.351. The lowest BCUT2D eigenvalue weighted by molar-refractivity contribution is -0.384. The summed E-state index contributed by atoms with van der Waals surface area (Å²) in [6, 6.07) is 36.1. The molecule has 0 aliphatic carbocycles. The molecule has 0 aliphatic rings. The maximum Gasteiger partial charge on any atom is 0.272 e. The highest BCUT2D eigenvalue weighted by Crippen LogP contribution is 2.37. The molecule has 1 atom stereocenters. The number of non-ortho nitro benzene ring substituents is 1. The zero-order valence-corrected chi connectivity index (χ0v) is 31.1. The first-order valence-corrected chi connectivity index (χ1v) is 18.4. The Morgan fingerprint density at radius 1 is 0.836 bits per heavy atom. The number of carbonyl (C=O) groups excluding carboxylic acids is 3. The number of hydrogen-bond acceptors (Lipinski definition) is 10. The molecule has 0 bridgehead atoms. The molecule has 55 heavy (non-hydrogen) atoms. The predicted molar refractivity (Wildman–Crippen MR) is 214 cm³/mol. The van der Waals surface area contributed by atoms with E-state index in [1.165, 1.54) is 55.5 Å². The number of nitrogens with one attached hydrogen (secondary N) is 3. The van der Waals surface area contributed by atoms with E-state index in [0.717, 1.165) is 10.5 Å². The van der Waals surface area contributed by atoms with Crippen LogP contribution in [0.2, 0.25) is 0 Å². The van der Waals surface area contributed by atoms with Crippen LogP contribution in [-0.4, -0.2) is 41.8 Å². The lowest BCUT2D eigenvalue weighted by Crippen LogP contribution is -2.30. The van der Waals surface area contributed by atoms with Crippen LogP contribution in [0.3, 0.4) is 0 Å². The summed E-state index contributed by atoms with van der Waals surface area (Å²) in [6.07, 6.45) is 1.52. The van der Waals surface area contributed by atoms with Crippen LogP contribution in [-0.2, 0) is 9.59 Å². The number of methoxy groups -OCH3 is 2. The maximum atomic E-state index is 13.7. The molecular weight excluding hydrogens is 739 g/mol. The van der Waals surface area contributed by atoms with E-state index in [0.29, 0.717) is 44.7 Å². The van der Waals surface area contributed by atoms with Crippen molar-refractivity contribution in [1.29, 1.82) is 0 Å². The standard InChI is InChI=1S/C41H33N5O7S2/c1-52-32-19-16-29(36(24-32)53-2)23-34(43-38(47)27-12-7-4-8-13-27)39(48)42-30-17-20-33(21-18-30)55-37(26-10-5-3-6-11-26)40(49)45-41-44-35(25-54-41)28-14-9-15-31(22-28)46(50)51/h3-25,37H,1-2H3,(H,42,48)(H,43,47)(H,44,45,49)/b34-23-. The highest BCUT2D eigenvalue weighted by molar-refractivity contribution is 8.00. The van der Waals surface area contributed by atoms with Gasteiger partial charge in [-0.2, -0.15) is 0 Å². The lowest BCUT2D eigenvalue weighted by atomic mass is 10.1. The number of thiazole rings is 1. The largest absolute Gasteiger partial charge is 0.497 e. The molecule has 0 saturated heterocycles. The van der Waals surface area contributed by atoms with Gasteiger partial charge in [0.15, 0.2) is 5.13 Å². The van der Waals surface area contributed by atoms with Gasteiger partial charge in [-0.1, -0.05) is 60.7 Å². The Morgan fingerprint density at radius 2 is 1.56 bits per heavy atom. The Hall–Kier alpha value is -6.77. The summed E-state index contributed by atoms with van der Waals surface area (Å²) in [7, 11) is 3.03. The van der Waals surface area contributed by atoms with Gasteiger partial charge in [0.2, 0.25) is 5.91 Å². The van der Waals surface area contributed by atoms with Crippen molar-refractivity contribution in [2.24, 2.45) is 0 Å². The number of nitro groups is 1. The smallest absolute Gasteiger partial charge is 0.272 e. The Kier molecular flexibility index (Phi) is 12.3. The second-order valence-electron chi connectivity index (χ2n) is 11.7. The molecular formula is C41H33N5O7S2. The number of nitrogens with zero attached hydrogens (tertiary/aromatic N) is 2. The molecule has 1 unspecified atom stereocenters. The van der Waals surface area contributed by atoms with Gasteiger partial charge in [-0.25, -0.2) is 4.98 Å². The summed E-state index contributed by atoms with van der Waals surface area (Å²) in [5, 5.41) is 21.1. The van der Waals surface area contributed by atoms with E-state index in [4.69, 9.17) is 9.47 Å². The molecule has 0 saturated carbocycles. The van der Waals surface area contributed by atoms with Crippen molar-refractivity contribution in [3.8, 4) is 22.8 Å². The normalized spacial score (nSPS) is 11.6. The Balaban J connectivity index is 1.19. The third-order valence-corrected chi connectivity index (χ3v) is 10.1. The van der Waals surface area contributed by atoms with Crippen molar-refractivity contribution in [3.05, 3.63) is 165 Å². The molecule has 0 aliphatic heterocycles. The quantitative estimate of drug-likeness (QED) is 0.0426. The molecule has 6 aromatic rings. The molecule has 3 N–H and O–H groups in total. The highest BCUT2D eigenvalue weighted by Gasteiger charge is 2.24. The minimum atomic E-state index is -0.672. The van der Waals surface area contributed by atoms with Crippen LogP contribution < -0.4 is 25.4 Å². The van der Waals surface area contributed by atoms with Gasteiger partial charge in [0.05, 0.1) is 24.8 Å². The maximum absolute atomic E-state index is 13.7. The van der Waals surface area contributed by atoms with Gasteiger partial charge >= 0.3 is 0 Å². The minimum Gasteiger partial charge on any atom is -0.497 e. The fourth-order valence-electron chi connectivity index (χ4n) is 5.30. The average molecular weight is 772 g/mol. The Morgan fingerprint density at radius 3 is 2.25 bits per heavy atom. The van der Waals surface area contributed by atoms with Crippen molar-refractivity contribution < 1.29 is 28.8 Å². The van der Waals surface area contributed by atoms with Crippen molar-refractivity contribution in [2.75, 3.05) is 24.9 Å². The predicted octanol–water partition coefficient (Wildman–Crippen LogP) is 8.62. The molecule has 0 fully saturated rings. The molecule has 1 heterocycles. The van der Waals surface area contributed by atoms with Crippen LogP contribution in [0.15, 0.2) is 143 Å². The average Bonchev–Trinajstić information content (AvgIpc) is 3.69. The van der Waals surface area contributed by atoms with Crippen LogP contribution in [0, 0.1) is 10.1 Å². The van der Waals surface area contributed by atoms with Crippen molar-refractivity contribution >= 4 is 63.4 Å². The van der Waals surface area contributed by atoms with Crippen molar-refractivity contribution in [3.63, 3.8) is 0 Å². The van der Waals surface area contributed by atoms with Crippen molar-refractivity contribution in [1.82, 2.24) is 10.3 Å². The van der Waals surface area contributed by atoms with Gasteiger partial charge in [-0.05, 0) is 60.2 Å². The molecule has 0 spiro atoms. The summed E-state index contributed by atoms with van der Waals surface area (Å²) >= 11 is 2.53. The first-order chi connectivity index (χ1) is 26.7. The molecule has 0 radical (unpaired) electrons. The van der Waals surface area contributed by atoms with Crippen LogP contribution in [0.4, 0.5) is 16.5 Å². The first kappa shape index (κ1) is 38.0. The Labute approximate surface area is 324 Å². The summed E-state index contributed by atoms with van der Waals surface area (Å²) in [5.41, 5.74) is 3.12. The lowest BCUT2D eigenvalue weighted by Gasteiger charge is -2.17. The molecule has 276 valence electrons. The SMILES string of the molecule is COc1ccc(/C=C(\NC(=O)c2ccccc2)C(=O)Nc2ccc(SC(C(=O)Nc3nc(-c4cccc([N+](=O)[O-])c4)cs3)c3ccccc3)cc2)c(OC)c1. The number of ether oxygens (including phenoxy) is 2. The number of carbonyl (C=O) groups is 3. The van der Waals surface area contributed by atoms with Crippen LogP contribution in [0.1, 0.15) is 26.7 Å². The van der Waals surface area contributed by atoms with E-state index in [9.17, 15) is 24.5 Å². The van der Waals surface area contributed by atoms with Crippen LogP contribution >= 0.6 is 23.1 Å². The zero-order chi connectivity index (χ0) is 38.7. The second-order valence-corrected chi connectivity index (χ2v) is 13.7. The Bertz CT molecular complexity index is 2350. The van der Waals surface area contributed by atoms with Gasteiger partial charge in [-0.15, -0.1) is 23.1 Å². The fraction of sp³-hybridized carbons (Fsp3) is 0.0732. The number of aromatic nitrogens is 1. The third-order valence-electron chi connectivity index (χ3n) is 8.06. The van der Waals surface area contributed by atoms with E-state index in [2.05, 4.69) is 20.9 Å². The van der Waals surface area contributed by atoms with Gasteiger partial charge in [-0.3, -0.25) is 24.5 Å². The molecule has 6 rings (SSSR count). The van der Waals surface area contributed by atoms with Crippen molar-refractivity contribution in [2.45, 2.75) is 10.1 Å². The summed E-state index contributed by atoms with van der Waals surface area (Å²) in [4.78, 5) is 56.6. The number of rotatable bonds is 14. The number of benzene rings is 5. The van der Waals surface area contributed by atoms with Gasteiger partial charge in [0.25, 0.3) is 17.5 Å². The highest BCUT2D eigenvalue weighted by atomic mass is 32.2. The van der Waals surface area contributed by atoms with Gasteiger partial charge < -0.3 is 25.4 Å². The van der Waals surface area contributed by atoms with Gasteiger partial charge in [0, 0.05) is 50.9 Å². The number of hydrogen-bond donors (Lipinski definition) is 3. The zero-order valence-electron chi connectivity index (χ0n) is 29.4. The first-order valence-electron chi connectivity index (χ1n) is 16.6. The minimum absolute atomic E-state index is 0.0209. The number of anilines is 2. The molecule has 14 heteroatoms. The molecule has 3 amide bonds. The number of thioether (sulfide) groups is 1. The summed E-state index contributed by atoms with van der Waals surface area (Å²) in [6.45, 7) is 0. The molecule has 12 nitrogen and oxygen atoms in total. The number of amides is 3. The van der Waals surface area contributed by atoms with Gasteiger partial charge in [0.1, 0.15) is 22.4 Å². The topological polar surface area (TPSA) is 162 Å². The molecule has 5 aromatic carbocycles. The monoisotopic (exact) mass is 771 g/mol. The third kappa shape index (κ3) is 9.81. The van der Waals surface area contributed by atoms with E-state index in [-0.39, 0.29) is 17.3 Å². The van der Waals surface area contributed by atoms with E-state index in [1.807, 2.05) is 30.3 Å². The van der Waals surface area contributed by atoms with Crippen LogP contribution in [0.25, 0.3) is 17.3 Å². The van der Waals surface area contributed by atoms with E-state index >= 15 is 0 Å². The fourth-order valence-corrected chi connectivity index (χ4v) is 7.05. The van der Waals surface area contributed by atoms with E-state index < -0.39 is 22.0 Å². The van der Waals surface area contributed by atoms with E-state index in [1.54, 1.807) is 90.3 Å².